The molecule has 0 atom stereocenters. The second-order valence-corrected chi connectivity index (χ2v) is 11.4. The summed E-state index contributed by atoms with van der Waals surface area (Å²) < 4.78 is 15.7. The number of nitriles is 2. The molecule has 6 aromatic rings. The largest absolute Gasteiger partial charge is 0.310 e. The predicted molar refractivity (Wildman–Crippen MR) is 166 cm³/mol. The van der Waals surface area contributed by atoms with E-state index in [0.717, 1.165) is 28.2 Å². The van der Waals surface area contributed by atoms with Gasteiger partial charge in [0.05, 0.1) is 22.8 Å². The summed E-state index contributed by atoms with van der Waals surface area (Å²) in [7, 11) is 0. The third kappa shape index (κ3) is 3.35. The molecule has 2 aliphatic rings. The van der Waals surface area contributed by atoms with Crippen LogP contribution in [0.3, 0.4) is 0 Å². The zero-order valence-corrected chi connectivity index (χ0v) is 23.4. The minimum absolute atomic E-state index is 0.0356. The first-order valence-electron chi connectivity index (χ1n) is 14.0. The van der Waals surface area contributed by atoms with E-state index in [4.69, 9.17) is 0 Å². The van der Waals surface area contributed by atoms with Crippen molar-refractivity contribution in [3.63, 3.8) is 0 Å². The Morgan fingerprint density at radius 2 is 1.14 bits per heavy atom. The van der Waals surface area contributed by atoms with Crippen LogP contribution in [-0.2, 0) is 5.41 Å². The van der Waals surface area contributed by atoms with E-state index in [1.807, 2.05) is 36.4 Å². The molecule has 0 saturated carbocycles. The Kier molecular flexibility index (Phi) is 5.11. The van der Waals surface area contributed by atoms with Crippen LogP contribution in [-0.4, -0.2) is 9.97 Å². The summed E-state index contributed by atoms with van der Waals surface area (Å²) in [4.78, 5) is 11.2. The van der Waals surface area contributed by atoms with Crippen LogP contribution in [0.5, 0.6) is 0 Å². The van der Waals surface area contributed by atoms with Gasteiger partial charge in [-0.15, -0.1) is 0 Å². The first-order valence-corrected chi connectivity index (χ1v) is 14.0. The number of fused-ring (bicyclic) bond motifs is 5. The van der Waals surface area contributed by atoms with Crippen molar-refractivity contribution in [2.75, 3.05) is 4.90 Å². The van der Waals surface area contributed by atoms with Crippen molar-refractivity contribution >= 4 is 27.8 Å². The Morgan fingerprint density at radius 1 is 0.628 bits per heavy atom. The van der Waals surface area contributed by atoms with Gasteiger partial charge in [0, 0.05) is 33.0 Å². The van der Waals surface area contributed by atoms with Crippen LogP contribution < -0.4 is 4.90 Å². The van der Waals surface area contributed by atoms with Gasteiger partial charge >= 0.3 is 0 Å². The average Bonchev–Trinajstić information content (AvgIpc) is 3.35. The summed E-state index contributed by atoms with van der Waals surface area (Å²) in [6, 6.07) is 36.1. The molecule has 202 valence electrons. The van der Waals surface area contributed by atoms with Gasteiger partial charge in [-0.25, -0.2) is 14.4 Å². The smallest absolute Gasteiger partial charge is 0.177 e. The van der Waals surface area contributed by atoms with Crippen LogP contribution in [0, 0.1) is 28.5 Å². The highest BCUT2D eigenvalue weighted by molar-refractivity contribution is 6.17. The van der Waals surface area contributed by atoms with Gasteiger partial charge in [0.15, 0.2) is 11.4 Å². The maximum absolute atomic E-state index is 15.7. The number of halogens is 1. The summed E-state index contributed by atoms with van der Waals surface area (Å²) in [5, 5.41) is 20.2. The van der Waals surface area contributed by atoms with E-state index in [1.54, 1.807) is 6.07 Å². The van der Waals surface area contributed by atoms with Gasteiger partial charge in [-0.2, -0.15) is 10.5 Å². The van der Waals surface area contributed by atoms with Gasteiger partial charge in [-0.05, 0) is 58.7 Å². The molecular formula is C37H22FN5. The lowest BCUT2D eigenvalue weighted by atomic mass is 9.73. The zero-order chi connectivity index (χ0) is 29.5. The molecular weight excluding hydrogens is 533 g/mol. The van der Waals surface area contributed by atoms with Gasteiger partial charge < -0.3 is 4.90 Å². The summed E-state index contributed by atoms with van der Waals surface area (Å²) >= 11 is 0. The van der Waals surface area contributed by atoms with E-state index in [9.17, 15) is 10.5 Å². The molecule has 1 aromatic heterocycles. The lowest BCUT2D eigenvalue weighted by Crippen LogP contribution is -2.30. The summed E-state index contributed by atoms with van der Waals surface area (Å²) in [5.41, 5.74) is 9.62. The van der Waals surface area contributed by atoms with E-state index >= 15 is 4.39 Å². The number of nitrogens with zero attached hydrogens (tertiary/aromatic N) is 5. The molecule has 43 heavy (non-hydrogen) atoms. The molecule has 1 aliphatic heterocycles. The van der Waals surface area contributed by atoms with Crippen LogP contribution in [0.4, 0.5) is 21.5 Å². The Morgan fingerprint density at radius 3 is 1.70 bits per heavy atom. The van der Waals surface area contributed by atoms with Crippen LogP contribution in [0.2, 0.25) is 0 Å². The molecule has 0 N–H and O–H groups in total. The average molecular weight is 556 g/mol. The molecule has 0 unspecified atom stereocenters. The van der Waals surface area contributed by atoms with Gasteiger partial charge in [0.25, 0.3) is 0 Å². The molecule has 2 heterocycles. The Bertz CT molecular complexity index is 2160. The quantitative estimate of drug-likeness (QED) is 0.213. The topological polar surface area (TPSA) is 76.6 Å². The fraction of sp³-hybridized carbons (Fsp3) is 0.0811. The highest BCUT2D eigenvalue weighted by atomic mass is 19.1. The molecule has 5 aromatic carbocycles. The molecule has 0 bridgehead atoms. The van der Waals surface area contributed by atoms with Crippen molar-refractivity contribution in [1.29, 1.82) is 10.5 Å². The number of anilines is 3. The van der Waals surface area contributed by atoms with E-state index in [2.05, 4.69) is 89.4 Å². The minimum Gasteiger partial charge on any atom is -0.310 e. The molecule has 0 fully saturated rings. The first kappa shape index (κ1) is 24.9. The highest BCUT2D eigenvalue weighted by Crippen LogP contribution is 2.52. The molecule has 5 nitrogen and oxygen atoms in total. The first-order chi connectivity index (χ1) is 20.9. The van der Waals surface area contributed by atoms with E-state index in [1.165, 1.54) is 17.2 Å². The van der Waals surface area contributed by atoms with E-state index < -0.39 is 0 Å². The lowest BCUT2D eigenvalue weighted by molar-refractivity contribution is 0.632. The monoisotopic (exact) mass is 555 g/mol. The summed E-state index contributed by atoms with van der Waals surface area (Å²) in [5.74, 6) is -0.352. The summed E-state index contributed by atoms with van der Waals surface area (Å²) in [6.07, 6.45) is 0. The second kappa shape index (κ2) is 8.82. The van der Waals surface area contributed by atoms with Crippen LogP contribution in [0.15, 0.2) is 97.1 Å². The van der Waals surface area contributed by atoms with E-state index in [0.29, 0.717) is 33.3 Å². The van der Waals surface area contributed by atoms with Crippen molar-refractivity contribution in [3.8, 4) is 45.8 Å². The number of rotatable bonds is 2. The lowest BCUT2D eigenvalue weighted by Gasteiger charge is -2.42. The molecule has 0 saturated heterocycles. The van der Waals surface area contributed by atoms with Gasteiger partial charge in [-0.3, -0.25) is 0 Å². The summed E-state index contributed by atoms with van der Waals surface area (Å²) in [6.45, 7) is 4.53. The van der Waals surface area contributed by atoms with Gasteiger partial charge in [0.2, 0.25) is 0 Å². The van der Waals surface area contributed by atoms with Crippen molar-refractivity contribution in [2.24, 2.45) is 0 Å². The maximum atomic E-state index is 15.7. The van der Waals surface area contributed by atoms with Crippen LogP contribution in [0.1, 0.15) is 36.4 Å². The van der Waals surface area contributed by atoms with E-state index in [-0.39, 0.29) is 22.6 Å². The standard InChI is InChI=1S/C37H22FN5/c1-37(2)26-7-3-5-9-31(26)43(32-10-6-4-8-27(32)37)22-13-11-21(12-14-22)23-15-16-24-33-25(17-18-28(38)34(23)33)36-35(24)41-29(19-39)30(20-40)42-36/h3-18H,1-2H3. The van der Waals surface area contributed by atoms with Crippen molar-refractivity contribution in [1.82, 2.24) is 9.97 Å². The van der Waals surface area contributed by atoms with Crippen LogP contribution in [0.25, 0.3) is 44.4 Å². The predicted octanol–water partition coefficient (Wildman–Crippen LogP) is 8.94. The molecule has 1 aliphatic carbocycles. The molecule has 6 heteroatoms. The number of benzene rings is 5. The number of hydrogen-bond acceptors (Lipinski definition) is 5. The molecule has 0 amide bonds. The number of para-hydroxylation sites is 2. The zero-order valence-electron chi connectivity index (χ0n) is 23.4. The minimum atomic E-state index is -0.352. The fourth-order valence-electron chi connectivity index (χ4n) is 6.79. The number of hydrogen-bond donors (Lipinski definition) is 0. The third-order valence-electron chi connectivity index (χ3n) is 8.80. The van der Waals surface area contributed by atoms with Crippen molar-refractivity contribution in [2.45, 2.75) is 19.3 Å². The van der Waals surface area contributed by atoms with Crippen molar-refractivity contribution < 1.29 is 4.39 Å². The Balaban J connectivity index is 1.28. The third-order valence-corrected chi connectivity index (χ3v) is 8.80. The maximum Gasteiger partial charge on any atom is 0.177 e. The normalized spacial score (nSPS) is 13.6. The molecule has 0 radical (unpaired) electrons. The van der Waals surface area contributed by atoms with Crippen LogP contribution >= 0.6 is 0 Å². The second-order valence-electron chi connectivity index (χ2n) is 11.4. The molecule has 0 spiro atoms. The Labute approximate surface area is 247 Å². The van der Waals surface area contributed by atoms with Crippen molar-refractivity contribution in [3.05, 3.63) is 125 Å². The van der Waals surface area contributed by atoms with Gasteiger partial charge in [0.1, 0.15) is 18.0 Å². The highest BCUT2D eigenvalue weighted by Gasteiger charge is 2.36. The van der Waals surface area contributed by atoms with Gasteiger partial charge in [-0.1, -0.05) is 74.5 Å². The Hall–Kier alpha value is -5.85. The number of aromatic nitrogens is 2. The molecule has 8 rings (SSSR count). The SMILES string of the molecule is CC1(C)c2ccccc2N(c2ccc(-c3ccc4c5c(ccc(F)c35)-c3nc(C#N)c(C#N)nc3-4)cc2)c2ccccc21. The fourth-order valence-corrected chi connectivity index (χ4v) is 6.79.